The Morgan fingerprint density at radius 3 is 2.61 bits per heavy atom. The van der Waals surface area contributed by atoms with Crippen molar-refractivity contribution < 1.29 is 0 Å². The number of thiazole rings is 1. The SMILES string of the molecule is CC(C)(C)c1csc(CN(CCBr)C2CCC2)n1. The van der Waals surface area contributed by atoms with Crippen molar-refractivity contribution in [3.8, 4) is 0 Å². The zero-order valence-electron chi connectivity index (χ0n) is 11.6. The van der Waals surface area contributed by atoms with Crippen LogP contribution in [0, 0.1) is 0 Å². The molecule has 2 rings (SSSR count). The molecule has 1 aromatic heterocycles. The third-order valence-electron chi connectivity index (χ3n) is 3.62. The van der Waals surface area contributed by atoms with Gasteiger partial charge < -0.3 is 0 Å². The molecule has 0 radical (unpaired) electrons. The van der Waals surface area contributed by atoms with Crippen LogP contribution in [0.2, 0.25) is 0 Å². The predicted molar refractivity (Wildman–Crippen MR) is 82.7 cm³/mol. The Hall–Kier alpha value is 0.0700. The van der Waals surface area contributed by atoms with Crippen LogP contribution < -0.4 is 0 Å². The maximum absolute atomic E-state index is 4.81. The van der Waals surface area contributed by atoms with Gasteiger partial charge in [-0.2, -0.15) is 0 Å². The van der Waals surface area contributed by atoms with Gasteiger partial charge in [0.2, 0.25) is 0 Å². The third kappa shape index (κ3) is 3.55. The minimum Gasteiger partial charge on any atom is -0.293 e. The molecule has 2 nitrogen and oxygen atoms in total. The topological polar surface area (TPSA) is 16.1 Å². The molecule has 0 N–H and O–H groups in total. The van der Waals surface area contributed by atoms with Crippen molar-refractivity contribution in [3.05, 3.63) is 16.1 Å². The molecule has 0 unspecified atom stereocenters. The van der Waals surface area contributed by atoms with Gasteiger partial charge in [0.15, 0.2) is 0 Å². The first-order chi connectivity index (χ1) is 8.50. The van der Waals surface area contributed by atoms with Crippen LogP contribution in [0.25, 0.3) is 0 Å². The van der Waals surface area contributed by atoms with Crippen molar-refractivity contribution in [1.29, 1.82) is 0 Å². The molecule has 0 spiro atoms. The maximum Gasteiger partial charge on any atom is 0.107 e. The summed E-state index contributed by atoms with van der Waals surface area (Å²) in [5, 5.41) is 4.55. The van der Waals surface area contributed by atoms with E-state index in [9.17, 15) is 0 Å². The van der Waals surface area contributed by atoms with Gasteiger partial charge in [-0.1, -0.05) is 43.1 Å². The number of hydrogen-bond donors (Lipinski definition) is 0. The summed E-state index contributed by atoms with van der Waals surface area (Å²) in [6.07, 6.45) is 4.13. The summed E-state index contributed by atoms with van der Waals surface area (Å²) in [4.78, 5) is 7.39. The van der Waals surface area contributed by atoms with E-state index in [4.69, 9.17) is 4.98 Å². The summed E-state index contributed by atoms with van der Waals surface area (Å²) in [6, 6.07) is 0.796. The monoisotopic (exact) mass is 330 g/mol. The summed E-state index contributed by atoms with van der Waals surface area (Å²) in [6.45, 7) is 8.85. The zero-order chi connectivity index (χ0) is 13.2. The number of aromatic nitrogens is 1. The van der Waals surface area contributed by atoms with Crippen molar-refractivity contribution in [3.63, 3.8) is 0 Å². The van der Waals surface area contributed by atoms with Crippen molar-refractivity contribution >= 4 is 27.3 Å². The molecule has 1 heterocycles. The van der Waals surface area contributed by atoms with Crippen LogP contribution in [0.5, 0.6) is 0 Å². The molecule has 0 saturated heterocycles. The first-order valence-electron chi connectivity index (χ1n) is 6.75. The fraction of sp³-hybridized carbons (Fsp3) is 0.786. The zero-order valence-corrected chi connectivity index (χ0v) is 14.0. The van der Waals surface area contributed by atoms with Gasteiger partial charge in [-0.25, -0.2) is 4.98 Å². The number of hydrogen-bond acceptors (Lipinski definition) is 3. The molecule has 1 saturated carbocycles. The van der Waals surface area contributed by atoms with Gasteiger partial charge in [0.1, 0.15) is 5.01 Å². The lowest BCUT2D eigenvalue weighted by Crippen LogP contribution is -2.40. The lowest BCUT2D eigenvalue weighted by Gasteiger charge is -2.36. The van der Waals surface area contributed by atoms with Gasteiger partial charge in [0.05, 0.1) is 12.2 Å². The summed E-state index contributed by atoms with van der Waals surface area (Å²) in [5.41, 5.74) is 1.40. The molecule has 102 valence electrons. The first kappa shape index (κ1) is 14.5. The van der Waals surface area contributed by atoms with E-state index in [1.807, 2.05) is 11.3 Å². The molecule has 4 heteroatoms. The van der Waals surface area contributed by atoms with E-state index in [1.165, 1.54) is 30.0 Å². The van der Waals surface area contributed by atoms with Crippen molar-refractivity contribution in [2.24, 2.45) is 0 Å². The van der Waals surface area contributed by atoms with Crippen LogP contribution in [0.15, 0.2) is 5.38 Å². The Morgan fingerprint density at radius 1 is 1.44 bits per heavy atom. The third-order valence-corrected chi connectivity index (χ3v) is 4.81. The molecule has 1 aromatic rings. The Labute approximate surface area is 123 Å². The predicted octanol–water partition coefficient (Wildman–Crippen LogP) is 4.19. The molecule has 1 fully saturated rings. The maximum atomic E-state index is 4.81. The molecule has 0 atom stereocenters. The smallest absolute Gasteiger partial charge is 0.107 e. The van der Waals surface area contributed by atoms with Crippen LogP contribution in [0.3, 0.4) is 0 Å². The highest BCUT2D eigenvalue weighted by atomic mass is 79.9. The molecule has 0 aliphatic heterocycles. The van der Waals surface area contributed by atoms with E-state index < -0.39 is 0 Å². The summed E-state index contributed by atoms with van der Waals surface area (Å²) in [5.74, 6) is 0. The Balaban J connectivity index is 2.00. The van der Waals surface area contributed by atoms with Gasteiger partial charge in [-0.15, -0.1) is 11.3 Å². The van der Waals surface area contributed by atoms with E-state index in [0.29, 0.717) is 0 Å². The van der Waals surface area contributed by atoms with Gasteiger partial charge in [-0.05, 0) is 12.8 Å². The van der Waals surface area contributed by atoms with E-state index in [2.05, 4.69) is 47.0 Å². The van der Waals surface area contributed by atoms with E-state index in [0.717, 1.165) is 24.5 Å². The Morgan fingerprint density at radius 2 is 2.17 bits per heavy atom. The van der Waals surface area contributed by atoms with Crippen LogP contribution in [-0.4, -0.2) is 27.8 Å². The van der Waals surface area contributed by atoms with Gasteiger partial charge >= 0.3 is 0 Å². The van der Waals surface area contributed by atoms with Gasteiger partial charge in [0.25, 0.3) is 0 Å². The molecule has 1 aliphatic carbocycles. The van der Waals surface area contributed by atoms with E-state index >= 15 is 0 Å². The number of alkyl halides is 1. The van der Waals surface area contributed by atoms with Crippen molar-refractivity contribution in [2.75, 3.05) is 11.9 Å². The number of rotatable bonds is 5. The standard InChI is InChI=1S/C14H23BrN2S/c1-14(2,3)12-10-18-13(16-12)9-17(8-7-15)11-5-4-6-11/h10-11H,4-9H2,1-3H3. The second-order valence-electron chi connectivity index (χ2n) is 6.12. The molecule has 0 bridgehead atoms. The highest BCUT2D eigenvalue weighted by Crippen LogP contribution is 2.28. The lowest BCUT2D eigenvalue weighted by atomic mass is 9.91. The number of nitrogens with zero attached hydrogens (tertiary/aromatic N) is 2. The summed E-state index contributed by atoms with van der Waals surface area (Å²) in [7, 11) is 0. The second-order valence-corrected chi connectivity index (χ2v) is 7.86. The normalized spacial score (nSPS) is 17.2. The average Bonchev–Trinajstić information content (AvgIpc) is 2.63. The minimum atomic E-state index is 0.172. The summed E-state index contributed by atoms with van der Waals surface area (Å²) < 4.78 is 0. The van der Waals surface area contributed by atoms with Gasteiger partial charge in [0, 0.05) is 28.7 Å². The first-order valence-corrected chi connectivity index (χ1v) is 8.75. The highest BCUT2D eigenvalue weighted by molar-refractivity contribution is 9.09. The fourth-order valence-corrected chi connectivity index (χ4v) is 3.65. The van der Waals surface area contributed by atoms with Crippen LogP contribution in [0.4, 0.5) is 0 Å². The highest BCUT2D eigenvalue weighted by Gasteiger charge is 2.25. The van der Waals surface area contributed by atoms with Gasteiger partial charge in [-0.3, -0.25) is 4.90 Å². The minimum absolute atomic E-state index is 0.172. The van der Waals surface area contributed by atoms with Crippen molar-refractivity contribution in [2.45, 2.75) is 58.0 Å². The molecule has 18 heavy (non-hydrogen) atoms. The molecule has 1 aliphatic rings. The number of halogens is 1. The Bertz CT molecular complexity index is 379. The molecular formula is C14H23BrN2S. The quantitative estimate of drug-likeness (QED) is 0.752. The van der Waals surface area contributed by atoms with Crippen LogP contribution in [0.1, 0.15) is 50.7 Å². The molecule has 0 aromatic carbocycles. The van der Waals surface area contributed by atoms with Crippen molar-refractivity contribution in [1.82, 2.24) is 9.88 Å². The Kier molecular flexibility index (Phi) is 4.84. The molecular weight excluding hydrogens is 308 g/mol. The van der Waals surface area contributed by atoms with Crippen LogP contribution in [-0.2, 0) is 12.0 Å². The van der Waals surface area contributed by atoms with E-state index in [-0.39, 0.29) is 5.41 Å². The lowest BCUT2D eigenvalue weighted by molar-refractivity contribution is 0.128. The fourth-order valence-electron chi connectivity index (χ4n) is 2.15. The summed E-state index contributed by atoms with van der Waals surface area (Å²) >= 11 is 5.38. The molecule has 0 amide bonds. The largest absolute Gasteiger partial charge is 0.293 e. The van der Waals surface area contributed by atoms with Crippen LogP contribution >= 0.6 is 27.3 Å². The average molecular weight is 331 g/mol. The van der Waals surface area contributed by atoms with E-state index in [1.54, 1.807) is 0 Å². The second kappa shape index (κ2) is 6.02.